The first-order valence-corrected chi connectivity index (χ1v) is 5.81. The van der Waals surface area contributed by atoms with Crippen LogP contribution in [0.5, 0.6) is 0 Å². The Balaban J connectivity index is 2.13. The molecule has 0 spiro atoms. The minimum atomic E-state index is -1.08. The number of hydrogen-bond acceptors (Lipinski definition) is 4. The summed E-state index contributed by atoms with van der Waals surface area (Å²) in [6, 6.07) is 7.74. The number of carboxylic acids is 1. The summed E-state index contributed by atoms with van der Waals surface area (Å²) in [6.45, 7) is 0. The van der Waals surface area contributed by atoms with E-state index in [4.69, 9.17) is 5.11 Å². The van der Waals surface area contributed by atoms with E-state index < -0.39 is 5.97 Å². The van der Waals surface area contributed by atoms with E-state index >= 15 is 0 Å². The molecule has 0 aliphatic carbocycles. The van der Waals surface area contributed by atoms with Gasteiger partial charge in [0.15, 0.2) is 5.69 Å². The van der Waals surface area contributed by atoms with Gasteiger partial charge in [-0.2, -0.15) is 0 Å². The molecule has 0 amide bonds. The number of anilines is 2. The van der Waals surface area contributed by atoms with Gasteiger partial charge < -0.3 is 10.4 Å². The number of nitrogens with one attached hydrogen (secondary N) is 1. The van der Waals surface area contributed by atoms with E-state index in [9.17, 15) is 4.79 Å². The fraction of sp³-hybridized carbons (Fsp3) is 0. The van der Waals surface area contributed by atoms with Crippen LogP contribution in [0.15, 0.2) is 36.7 Å². The normalized spacial score (nSPS) is 9.94. The van der Waals surface area contributed by atoms with E-state index in [0.717, 1.165) is 9.26 Å². The standard InChI is InChI=1S/C11H8IN3O2/c12-7-1-3-8(4-2-7)15-10-6-13-9(5-14-10)11(16)17/h1-6H,(H,14,15)(H,16,17). The highest BCUT2D eigenvalue weighted by atomic mass is 127. The third-order valence-corrected chi connectivity index (χ3v) is 2.71. The van der Waals surface area contributed by atoms with Gasteiger partial charge in [-0.05, 0) is 46.9 Å². The van der Waals surface area contributed by atoms with E-state index in [2.05, 4.69) is 37.9 Å². The highest BCUT2D eigenvalue weighted by Crippen LogP contribution is 2.15. The summed E-state index contributed by atoms with van der Waals surface area (Å²) >= 11 is 2.22. The second kappa shape index (κ2) is 5.09. The summed E-state index contributed by atoms with van der Waals surface area (Å²) in [7, 11) is 0. The van der Waals surface area contributed by atoms with Gasteiger partial charge in [0.2, 0.25) is 0 Å². The van der Waals surface area contributed by atoms with E-state index in [1.165, 1.54) is 12.4 Å². The molecule has 0 fully saturated rings. The SMILES string of the molecule is O=C(O)c1cnc(Nc2ccc(I)cc2)cn1. The minimum Gasteiger partial charge on any atom is -0.476 e. The Morgan fingerprint density at radius 2 is 1.88 bits per heavy atom. The van der Waals surface area contributed by atoms with Crippen LogP contribution in [0.4, 0.5) is 11.5 Å². The minimum absolute atomic E-state index is 0.0711. The average Bonchev–Trinajstić information content (AvgIpc) is 2.33. The maximum Gasteiger partial charge on any atom is 0.356 e. The maximum absolute atomic E-state index is 10.6. The molecule has 0 aliphatic heterocycles. The lowest BCUT2D eigenvalue weighted by Crippen LogP contribution is -2.02. The molecule has 0 radical (unpaired) electrons. The van der Waals surface area contributed by atoms with Gasteiger partial charge in [-0.1, -0.05) is 0 Å². The number of nitrogens with zero attached hydrogens (tertiary/aromatic N) is 2. The van der Waals surface area contributed by atoms with Crippen LogP contribution in [0.25, 0.3) is 0 Å². The molecule has 6 heteroatoms. The van der Waals surface area contributed by atoms with Gasteiger partial charge in [0, 0.05) is 9.26 Å². The van der Waals surface area contributed by atoms with Crippen LogP contribution in [-0.4, -0.2) is 21.0 Å². The van der Waals surface area contributed by atoms with Gasteiger partial charge in [-0.15, -0.1) is 0 Å². The summed E-state index contributed by atoms with van der Waals surface area (Å²) in [5, 5.41) is 11.7. The molecule has 1 heterocycles. The van der Waals surface area contributed by atoms with Gasteiger partial charge in [-0.3, -0.25) is 0 Å². The highest BCUT2D eigenvalue weighted by Gasteiger charge is 2.04. The zero-order chi connectivity index (χ0) is 12.3. The van der Waals surface area contributed by atoms with E-state index in [-0.39, 0.29) is 5.69 Å². The molecule has 86 valence electrons. The van der Waals surface area contributed by atoms with Crippen molar-refractivity contribution < 1.29 is 9.90 Å². The van der Waals surface area contributed by atoms with Crippen LogP contribution < -0.4 is 5.32 Å². The first-order valence-electron chi connectivity index (χ1n) is 4.73. The van der Waals surface area contributed by atoms with E-state index in [0.29, 0.717) is 5.82 Å². The number of halogens is 1. The first-order chi connectivity index (χ1) is 8.15. The third-order valence-electron chi connectivity index (χ3n) is 1.99. The van der Waals surface area contributed by atoms with Crippen LogP contribution in [0, 0.1) is 3.57 Å². The Bertz CT molecular complexity index is 525. The van der Waals surface area contributed by atoms with Crippen molar-refractivity contribution in [1.82, 2.24) is 9.97 Å². The van der Waals surface area contributed by atoms with Crippen LogP contribution >= 0.6 is 22.6 Å². The Morgan fingerprint density at radius 1 is 1.18 bits per heavy atom. The molecule has 2 N–H and O–H groups in total. The number of carboxylic acid groups (broad SMARTS) is 1. The van der Waals surface area contributed by atoms with Crippen molar-refractivity contribution in [3.8, 4) is 0 Å². The van der Waals surface area contributed by atoms with Crippen LogP contribution in [-0.2, 0) is 0 Å². The molecule has 1 aromatic carbocycles. The molecule has 17 heavy (non-hydrogen) atoms. The summed E-state index contributed by atoms with van der Waals surface area (Å²) in [5.74, 6) is -0.575. The first kappa shape index (κ1) is 11.8. The van der Waals surface area contributed by atoms with Crippen molar-refractivity contribution in [3.05, 3.63) is 45.9 Å². The monoisotopic (exact) mass is 341 g/mol. The topological polar surface area (TPSA) is 75.1 Å². The summed E-state index contributed by atoms with van der Waals surface area (Å²) in [6.07, 6.45) is 2.61. The highest BCUT2D eigenvalue weighted by molar-refractivity contribution is 14.1. The lowest BCUT2D eigenvalue weighted by molar-refractivity contribution is 0.0690. The molecule has 0 bridgehead atoms. The number of aromatic carboxylic acids is 1. The maximum atomic E-state index is 10.6. The Morgan fingerprint density at radius 3 is 2.41 bits per heavy atom. The lowest BCUT2D eigenvalue weighted by atomic mass is 10.3. The summed E-state index contributed by atoms with van der Waals surface area (Å²) in [4.78, 5) is 18.3. The van der Waals surface area contributed by atoms with Crippen molar-refractivity contribution in [2.24, 2.45) is 0 Å². The average molecular weight is 341 g/mol. The third kappa shape index (κ3) is 3.13. The molecule has 0 atom stereocenters. The van der Waals surface area contributed by atoms with Gasteiger partial charge >= 0.3 is 5.97 Å². The molecule has 2 rings (SSSR count). The van der Waals surface area contributed by atoms with Gasteiger partial charge in [0.05, 0.1) is 12.4 Å². The van der Waals surface area contributed by atoms with Gasteiger partial charge in [-0.25, -0.2) is 14.8 Å². The fourth-order valence-corrected chi connectivity index (χ4v) is 1.54. The van der Waals surface area contributed by atoms with Gasteiger partial charge in [0.1, 0.15) is 5.82 Å². The molecule has 0 saturated heterocycles. The number of carbonyl (C=O) groups is 1. The van der Waals surface area contributed by atoms with Crippen molar-refractivity contribution >= 4 is 40.1 Å². The van der Waals surface area contributed by atoms with E-state index in [1.54, 1.807) is 0 Å². The zero-order valence-corrected chi connectivity index (χ0v) is 10.7. The Kier molecular flexibility index (Phi) is 3.52. The smallest absolute Gasteiger partial charge is 0.356 e. The van der Waals surface area contributed by atoms with Crippen molar-refractivity contribution in [2.45, 2.75) is 0 Å². The van der Waals surface area contributed by atoms with Crippen LogP contribution in [0.3, 0.4) is 0 Å². The summed E-state index contributed by atoms with van der Waals surface area (Å²) < 4.78 is 1.14. The van der Waals surface area contributed by atoms with Crippen molar-refractivity contribution in [2.75, 3.05) is 5.32 Å². The number of rotatable bonds is 3. The predicted octanol–water partition coefficient (Wildman–Crippen LogP) is 2.52. The second-order valence-electron chi connectivity index (χ2n) is 3.22. The predicted molar refractivity (Wildman–Crippen MR) is 71.4 cm³/mol. The van der Waals surface area contributed by atoms with Crippen LogP contribution in [0.2, 0.25) is 0 Å². The van der Waals surface area contributed by atoms with Crippen LogP contribution in [0.1, 0.15) is 10.5 Å². The molecular formula is C11H8IN3O2. The quantitative estimate of drug-likeness (QED) is 0.840. The molecule has 0 unspecified atom stereocenters. The number of hydrogen-bond donors (Lipinski definition) is 2. The Labute approximate surface area is 111 Å². The molecule has 0 saturated carbocycles. The van der Waals surface area contributed by atoms with Crippen molar-refractivity contribution in [1.29, 1.82) is 0 Å². The van der Waals surface area contributed by atoms with Gasteiger partial charge in [0.25, 0.3) is 0 Å². The fourth-order valence-electron chi connectivity index (χ4n) is 1.18. The van der Waals surface area contributed by atoms with E-state index in [1.807, 2.05) is 24.3 Å². The molecule has 0 aliphatic rings. The molecule has 5 nitrogen and oxygen atoms in total. The zero-order valence-electron chi connectivity index (χ0n) is 8.59. The molecule has 1 aromatic heterocycles. The lowest BCUT2D eigenvalue weighted by Gasteiger charge is -2.04. The number of aromatic nitrogens is 2. The molecule has 2 aromatic rings. The van der Waals surface area contributed by atoms with Crippen molar-refractivity contribution in [3.63, 3.8) is 0 Å². The largest absolute Gasteiger partial charge is 0.476 e. The summed E-state index contributed by atoms with van der Waals surface area (Å²) in [5.41, 5.74) is 0.806. The second-order valence-corrected chi connectivity index (χ2v) is 4.47. The molecular weight excluding hydrogens is 333 g/mol. The Hall–Kier alpha value is -1.70. The number of benzene rings is 1.